The number of esters is 1. The van der Waals surface area contributed by atoms with Crippen LogP contribution in [0.4, 0.5) is 4.39 Å². The maximum Gasteiger partial charge on any atom is 0.309 e. The Morgan fingerprint density at radius 2 is 2.21 bits per heavy atom. The van der Waals surface area contributed by atoms with E-state index in [2.05, 4.69) is 9.88 Å². The van der Waals surface area contributed by atoms with Gasteiger partial charge >= 0.3 is 5.97 Å². The fourth-order valence-corrected chi connectivity index (χ4v) is 2.95. The predicted molar refractivity (Wildman–Crippen MR) is 86.5 cm³/mol. The van der Waals surface area contributed by atoms with Crippen molar-refractivity contribution >= 4 is 5.97 Å². The fourth-order valence-electron chi connectivity index (χ4n) is 2.95. The molecule has 0 spiro atoms. The van der Waals surface area contributed by atoms with Gasteiger partial charge in [-0.25, -0.2) is 9.37 Å². The molecular weight excluding hydrogens is 311 g/mol. The molecule has 1 fully saturated rings. The van der Waals surface area contributed by atoms with Crippen molar-refractivity contribution in [2.75, 3.05) is 19.7 Å². The second-order valence-corrected chi connectivity index (χ2v) is 5.96. The van der Waals surface area contributed by atoms with Crippen molar-refractivity contribution in [2.45, 2.75) is 26.3 Å². The average Bonchev–Trinajstić information content (AvgIpc) is 3.04. The van der Waals surface area contributed by atoms with Crippen LogP contribution in [0.3, 0.4) is 0 Å². The van der Waals surface area contributed by atoms with E-state index in [9.17, 15) is 9.18 Å². The van der Waals surface area contributed by atoms with Gasteiger partial charge in [0.25, 0.3) is 0 Å². The Bertz CT molecular complexity index is 693. The topological polar surface area (TPSA) is 55.6 Å². The first-order valence-corrected chi connectivity index (χ1v) is 8.25. The molecule has 3 rings (SSSR count). The lowest BCUT2D eigenvalue weighted by molar-refractivity contribution is -0.149. The molecule has 128 valence electrons. The number of oxazole rings is 1. The maximum absolute atomic E-state index is 13.3. The van der Waals surface area contributed by atoms with E-state index in [4.69, 9.17) is 9.15 Å². The second kappa shape index (κ2) is 7.57. The molecule has 0 atom stereocenters. The summed E-state index contributed by atoms with van der Waals surface area (Å²) in [6.45, 7) is 4.57. The number of halogens is 1. The third-order valence-electron chi connectivity index (χ3n) is 4.22. The van der Waals surface area contributed by atoms with E-state index in [0.717, 1.165) is 31.6 Å². The molecule has 1 aromatic carbocycles. The Labute approximate surface area is 140 Å². The van der Waals surface area contributed by atoms with E-state index < -0.39 is 0 Å². The summed E-state index contributed by atoms with van der Waals surface area (Å²) in [5, 5.41) is 0. The minimum atomic E-state index is -0.312. The molecule has 0 aliphatic carbocycles. The normalized spacial score (nSPS) is 16.2. The summed E-state index contributed by atoms with van der Waals surface area (Å²) in [4.78, 5) is 18.4. The third-order valence-corrected chi connectivity index (χ3v) is 4.22. The van der Waals surface area contributed by atoms with Crippen molar-refractivity contribution < 1.29 is 18.3 Å². The number of benzene rings is 1. The zero-order valence-electron chi connectivity index (χ0n) is 13.7. The summed E-state index contributed by atoms with van der Waals surface area (Å²) < 4.78 is 23.8. The summed E-state index contributed by atoms with van der Waals surface area (Å²) in [5.41, 5.74) is 1.44. The third kappa shape index (κ3) is 4.00. The van der Waals surface area contributed by atoms with Gasteiger partial charge < -0.3 is 9.15 Å². The van der Waals surface area contributed by atoms with Crippen LogP contribution in [0.5, 0.6) is 0 Å². The first-order chi connectivity index (χ1) is 11.7. The number of nitrogens with zero attached hydrogens (tertiary/aromatic N) is 2. The quantitative estimate of drug-likeness (QED) is 0.787. The van der Waals surface area contributed by atoms with Crippen LogP contribution < -0.4 is 0 Å². The molecule has 1 aromatic heterocycles. The molecule has 0 unspecified atom stereocenters. The van der Waals surface area contributed by atoms with Crippen LogP contribution in [-0.4, -0.2) is 35.5 Å². The van der Waals surface area contributed by atoms with Crippen molar-refractivity contribution in [1.82, 2.24) is 9.88 Å². The molecule has 0 bridgehead atoms. The number of hydrogen-bond donors (Lipinski definition) is 0. The Morgan fingerprint density at radius 3 is 2.92 bits per heavy atom. The van der Waals surface area contributed by atoms with Crippen LogP contribution in [0.25, 0.3) is 11.5 Å². The van der Waals surface area contributed by atoms with Gasteiger partial charge in [-0.3, -0.25) is 9.69 Å². The van der Waals surface area contributed by atoms with Crippen molar-refractivity contribution in [3.8, 4) is 11.5 Å². The minimum Gasteiger partial charge on any atom is -0.466 e. The van der Waals surface area contributed by atoms with E-state index in [1.807, 2.05) is 6.92 Å². The average molecular weight is 332 g/mol. The second-order valence-electron chi connectivity index (χ2n) is 5.96. The fraction of sp³-hybridized carbons (Fsp3) is 0.444. The molecule has 0 N–H and O–H groups in total. The van der Waals surface area contributed by atoms with Gasteiger partial charge in [0.1, 0.15) is 12.1 Å². The summed E-state index contributed by atoms with van der Waals surface area (Å²) in [6, 6.07) is 6.19. The lowest BCUT2D eigenvalue weighted by atomic mass is 9.97. The van der Waals surface area contributed by atoms with E-state index in [-0.39, 0.29) is 17.7 Å². The minimum absolute atomic E-state index is 0.00126. The van der Waals surface area contributed by atoms with E-state index in [0.29, 0.717) is 24.6 Å². The Kier molecular flexibility index (Phi) is 5.25. The van der Waals surface area contributed by atoms with Crippen LogP contribution in [0, 0.1) is 11.7 Å². The number of ether oxygens (including phenoxy) is 1. The maximum atomic E-state index is 13.3. The number of carbonyl (C=O) groups excluding carboxylic acids is 1. The highest BCUT2D eigenvalue weighted by Gasteiger charge is 2.26. The highest BCUT2D eigenvalue weighted by atomic mass is 19.1. The van der Waals surface area contributed by atoms with Crippen molar-refractivity contribution in [1.29, 1.82) is 0 Å². The molecule has 1 aliphatic rings. The molecule has 0 radical (unpaired) electrons. The molecule has 6 heteroatoms. The van der Waals surface area contributed by atoms with E-state index in [1.165, 1.54) is 12.1 Å². The number of likely N-dealkylation sites (tertiary alicyclic amines) is 1. The summed E-state index contributed by atoms with van der Waals surface area (Å²) >= 11 is 0. The predicted octanol–water partition coefficient (Wildman–Crippen LogP) is 3.26. The van der Waals surface area contributed by atoms with Gasteiger partial charge in [-0.15, -0.1) is 0 Å². The summed E-state index contributed by atoms with van der Waals surface area (Å²) in [6.07, 6.45) is 3.21. The molecule has 0 saturated carbocycles. The van der Waals surface area contributed by atoms with Gasteiger partial charge in [-0.05, 0) is 51.1 Å². The molecule has 2 heterocycles. The van der Waals surface area contributed by atoms with Crippen LogP contribution in [0.15, 0.2) is 34.9 Å². The monoisotopic (exact) mass is 332 g/mol. The van der Waals surface area contributed by atoms with Gasteiger partial charge in [0, 0.05) is 12.1 Å². The molecule has 24 heavy (non-hydrogen) atoms. The molecular formula is C18H21FN2O3. The van der Waals surface area contributed by atoms with Gasteiger partial charge in [0.15, 0.2) is 0 Å². The number of piperidine rings is 1. The zero-order valence-corrected chi connectivity index (χ0v) is 13.7. The molecule has 0 amide bonds. The smallest absolute Gasteiger partial charge is 0.309 e. The van der Waals surface area contributed by atoms with Crippen LogP contribution in [-0.2, 0) is 16.1 Å². The highest BCUT2D eigenvalue weighted by molar-refractivity contribution is 5.72. The Hall–Kier alpha value is -2.21. The summed E-state index contributed by atoms with van der Waals surface area (Å²) in [7, 11) is 0. The van der Waals surface area contributed by atoms with Gasteiger partial charge in [0.05, 0.1) is 18.2 Å². The first kappa shape index (κ1) is 16.6. The molecule has 5 nitrogen and oxygen atoms in total. The lowest BCUT2D eigenvalue weighted by Gasteiger charge is -2.30. The first-order valence-electron chi connectivity index (χ1n) is 8.25. The molecule has 1 aliphatic heterocycles. The number of rotatable bonds is 5. The number of aromatic nitrogens is 1. The van der Waals surface area contributed by atoms with Crippen LogP contribution in [0.2, 0.25) is 0 Å². The van der Waals surface area contributed by atoms with Crippen molar-refractivity contribution in [2.24, 2.45) is 5.92 Å². The molecule has 1 saturated heterocycles. The zero-order chi connectivity index (χ0) is 16.9. The molecule has 2 aromatic rings. The number of carbonyl (C=O) groups is 1. The van der Waals surface area contributed by atoms with Gasteiger partial charge in [0.2, 0.25) is 5.89 Å². The van der Waals surface area contributed by atoms with Crippen molar-refractivity contribution in [3.05, 3.63) is 42.0 Å². The van der Waals surface area contributed by atoms with Crippen molar-refractivity contribution in [3.63, 3.8) is 0 Å². The Morgan fingerprint density at radius 1 is 1.42 bits per heavy atom. The standard InChI is InChI=1S/C18H21FN2O3/c1-2-23-18(22)13-6-8-21(9-7-13)11-16-12-24-17(20-16)14-4-3-5-15(19)10-14/h3-5,10,12-13H,2,6-9,11H2,1H3. The van der Waals surface area contributed by atoms with Gasteiger partial charge in [-0.1, -0.05) is 6.07 Å². The Balaban J connectivity index is 1.56. The summed E-state index contributed by atoms with van der Waals surface area (Å²) in [5.74, 6) is 0.0209. The SMILES string of the molecule is CCOC(=O)C1CCN(Cc2coc(-c3cccc(F)c3)n2)CC1. The highest BCUT2D eigenvalue weighted by Crippen LogP contribution is 2.23. The van der Waals surface area contributed by atoms with Crippen LogP contribution in [0.1, 0.15) is 25.5 Å². The largest absolute Gasteiger partial charge is 0.466 e. The van der Waals surface area contributed by atoms with E-state index in [1.54, 1.807) is 18.4 Å². The van der Waals surface area contributed by atoms with Crippen LogP contribution >= 0.6 is 0 Å². The number of hydrogen-bond acceptors (Lipinski definition) is 5. The lowest BCUT2D eigenvalue weighted by Crippen LogP contribution is -2.36. The van der Waals surface area contributed by atoms with Gasteiger partial charge in [-0.2, -0.15) is 0 Å². The van der Waals surface area contributed by atoms with E-state index >= 15 is 0 Å².